The molecule has 3 N–H and O–H groups in total. The Morgan fingerprint density at radius 1 is 1.12 bits per heavy atom. The molecule has 0 saturated carbocycles. The Morgan fingerprint density at radius 3 is 2.44 bits per heavy atom. The van der Waals surface area contributed by atoms with Crippen LogP contribution in [-0.4, -0.2) is 23.5 Å². The number of hydrogen-bond donors (Lipinski definition) is 3. The molecule has 0 aliphatic carbocycles. The minimum absolute atomic E-state index is 0.00423. The fraction of sp³-hybridized carbons (Fsp3) is 0.368. The molecule has 0 saturated heterocycles. The Balaban J connectivity index is 2.03. The smallest absolute Gasteiger partial charge is 0.247 e. The lowest BCUT2D eigenvalue weighted by Gasteiger charge is -2.20. The summed E-state index contributed by atoms with van der Waals surface area (Å²) in [5, 5.41) is 15.4. The van der Waals surface area contributed by atoms with E-state index in [1.54, 1.807) is 24.3 Å². The summed E-state index contributed by atoms with van der Waals surface area (Å²) < 4.78 is 5.11. The fourth-order valence-corrected chi connectivity index (χ4v) is 2.42. The van der Waals surface area contributed by atoms with Crippen molar-refractivity contribution in [2.24, 2.45) is 5.92 Å². The zero-order valence-electron chi connectivity index (χ0n) is 14.4. The number of aliphatic hydroxyl groups is 1. The summed E-state index contributed by atoms with van der Waals surface area (Å²) in [6.45, 7) is 3.88. The van der Waals surface area contributed by atoms with Gasteiger partial charge in [0.05, 0.1) is 12.8 Å². The molecule has 2 rings (SSSR count). The van der Waals surface area contributed by atoms with Crippen molar-refractivity contribution < 1.29 is 19.1 Å². The van der Waals surface area contributed by atoms with Crippen LogP contribution < -0.4 is 10.6 Å². The van der Waals surface area contributed by atoms with Crippen molar-refractivity contribution in [3.05, 3.63) is 60.1 Å². The molecule has 6 heteroatoms. The Hall–Kier alpha value is -2.60. The van der Waals surface area contributed by atoms with Crippen LogP contribution in [0.1, 0.15) is 43.7 Å². The summed E-state index contributed by atoms with van der Waals surface area (Å²) in [5.74, 6) is 0.000150. The third-order valence-corrected chi connectivity index (χ3v) is 3.64. The van der Waals surface area contributed by atoms with E-state index in [4.69, 9.17) is 4.42 Å². The van der Waals surface area contributed by atoms with Gasteiger partial charge >= 0.3 is 0 Å². The number of benzene rings is 1. The number of hydrogen-bond acceptors (Lipinski definition) is 4. The van der Waals surface area contributed by atoms with E-state index in [0.29, 0.717) is 17.7 Å². The highest BCUT2D eigenvalue weighted by atomic mass is 16.4. The molecule has 0 bridgehead atoms. The molecule has 0 radical (unpaired) electrons. The van der Waals surface area contributed by atoms with Gasteiger partial charge in [0.25, 0.3) is 0 Å². The summed E-state index contributed by atoms with van der Waals surface area (Å²) in [6, 6.07) is 11.5. The predicted octanol–water partition coefficient (Wildman–Crippen LogP) is 2.33. The molecule has 2 atom stereocenters. The standard InChI is InChI=1S/C19H24N2O4/c1-13(2)11-17(23)21-18(14-7-4-3-5-8-14)19(24)20-12-15(22)16-9-6-10-25-16/h3-10,13,15,18,22H,11-12H2,1-2H3,(H,20,24)(H,21,23). The molecule has 134 valence electrons. The second kappa shape index (κ2) is 9.03. The number of furan rings is 1. The number of carbonyl (C=O) groups excluding carboxylic acids is 2. The van der Waals surface area contributed by atoms with Gasteiger partial charge in [-0.25, -0.2) is 0 Å². The van der Waals surface area contributed by atoms with Gasteiger partial charge in [0, 0.05) is 6.42 Å². The Morgan fingerprint density at radius 2 is 1.84 bits per heavy atom. The Kier molecular flexibility index (Phi) is 6.77. The number of carbonyl (C=O) groups is 2. The van der Waals surface area contributed by atoms with E-state index < -0.39 is 12.1 Å². The summed E-state index contributed by atoms with van der Waals surface area (Å²) in [5.41, 5.74) is 0.685. The third kappa shape index (κ3) is 5.76. The third-order valence-electron chi connectivity index (χ3n) is 3.64. The van der Waals surface area contributed by atoms with Crippen molar-refractivity contribution in [3.63, 3.8) is 0 Å². The lowest BCUT2D eigenvalue weighted by molar-refractivity contribution is -0.129. The molecular weight excluding hydrogens is 320 g/mol. The zero-order chi connectivity index (χ0) is 18.2. The van der Waals surface area contributed by atoms with Crippen LogP contribution in [0.4, 0.5) is 0 Å². The SMILES string of the molecule is CC(C)CC(=O)NC(C(=O)NCC(O)c1ccco1)c1ccccc1. The van der Waals surface area contributed by atoms with Gasteiger partial charge in [-0.05, 0) is 23.6 Å². The van der Waals surface area contributed by atoms with Gasteiger partial charge in [0.2, 0.25) is 11.8 Å². The minimum atomic E-state index is -0.943. The first-order chi connectivity index (χ1) is 12.0. The molecule has 6 nitrogen and oxygen atoms in total. The summed E-state index contributed by atoms with van der Waals surface area (Å²) in [4.78, 5) is 24.7. The molecule has 1 heterocycles. The molecule has 25 heavy (non-hydrogen) atoms. The van der Waals surface area contributed by atoms with Crippen LogP contribution in [0.2, 0.25) is 0 Å². The molecule has 2 unspecified atom stereocenters. The molecule has 2 aromatic rings. The predicted molar refractivity (Wildman–Crippen MR) is 93.5 cm³/mol. The van der Waals surface area contributed by atoms with Crippen molar-refractivity contribution in [1.82, 2.24) is 10.6 Å². The first kappa shape index (κ1) is 18.7. The molecule has 0 fully saturated rings. The molecule has 2 amide bonds. The zero-order valence-corrected chi connectivity index (χ0v) is 14.4. The number of nitrogens with one attached hydrogen (secondary N) is 2. The van der Waals surface area contributed by atoms with E-state index in [2.05, 4.69) is 10.6 Å². The summed E-state index contributed by atoms with van der Waals surface area (Å²) >= 11 is 0. The minimum Gasteiger partial charge on any atom is -0.467 e. The summed E-state index contributed by atoms with van der Waals surface area (Å²) in [7, 11) is 0. The van der Waals surface area contributed by atoms with Gasteiger partial charge in [-0.1, -0.05) is 44.2 Å². The normalized spacial score (nSPS) is 13.3. The highest BCUT2D eigenvalue weighted by Gasteiger charge is 2.24. The van der Waals surface area contributed by atoms with E-state index in [9.17, 15) is 14.7 Å². The van der Waals surface area contributed by atoms with Crippen LogP contribution in [0.3, 0.4) is 0 Å². The lowest BCUT2D eigenvalue weighted by Crippen LogP contribution is -2.41. The monoisotopic (exact) mass is 344 g/mol. The molecule has 0 aliphatic heterocycles. The van der Waals surface area contributed by atoms with Crippen molar-refractivity contribution in [2.75, 3.05) is 6.54 Å². The van der Waals surface area contributed by atoms with E-state index in [1.807, 2.05) is 32.0 Å². The van der Waals surface area contributed by atoms with Crippen LogP contribution in [0.5, 0.6) is 0 Å². The maximum atomic E-state index is 12.6. The van der Waals surface area contributed by atoms with E-state index in [1.165, 1.54) is 6.26 Å². The first-order valence-corrected chi connectivity index (χ1v) is 8.31. The van der Waals surface area contributed by atoms with E-state index in [0.717, 1.165) is 0 Å². The van der Waals surface area contributed by atoms with Gasteiger partial charge < -0.3 is 20.2 Å². The lowest BCUT2D eigenvalue weighted by atomic mass is 10.0. The molecular formula is C19H24N2O4. The van der Waals surface area contributed by atoms with Crippen LogP contribution in [0.15, 0.2) is 53.1 Å². The Bertz CT molecular complexity index is 668. The topological polar surface area (TPSA) is 91.6 Å². The van der Waals surface area contributed by atoms with Crippen LogP contribution >= 0.6 is 0 Å². The van der Waals surface area contributed by atoms with E-state index >= 15 is 0 Å². The second-order valence-electron chi connectivity index (χ2n) is 6.29. The highest BCUT2D eigenvalue weighted by Crippen LogP contribution is 2.16. The largest absolute Gasteiger partial charge is 0.467 e. The fourth-order valence-electron chi connectivity index (χ4n) is 2.42. The quantitative estimate of drug-likeness (QED) is 0.685. The Labute approximate surface area is 147 Å². The van der Waals surface area contributed by atoms with Gasteiger partial charge in [-0.2, -0.15) is 0 Å². The van der Waals surface area contributed by atoms with Gasteiger partial charge in [-0.3, -0.25) is 9.59 Å². The molecule has 0 aliphatic rings. The molecule has 0 spiro atoms. The average Bonchev–Trinajstić information content (AvgIpc) is 3.12. The van der Waals surface area contributed by atoms with Crippen molar-refractivity contribution >= 4 is 11.8 Å². The van der Waals surface area contributed by atoms with Crippen molar-refractivity contribution in [2.45, 2.75) is 32.4 Å². The van der Waals surface area contributed by atoms with Crippen LogP contribution in [0.25, 0.3) is 0 Å². The average molecular weight is 344 g/mol. The molecule has 1 aromatic carbocycles. The maximum Gasteiger partial charge on any atom is 0.247 e. The van der Waals surface area contributed by atoms with Crippen LogP contribution in [0, 0.1) is 5.92 Å². The maximum absolute atomic E-state index is 12.6. The van der Waals surface area contributed by atoms with Gasteiger partial charge in [0.15, 0.2) is 0 Å². The number of aliphatic hydroxyl groups excluding tert-OH is 1. The van der Waals surface area contributed by atoms with Crippen molar-refractivity contribution in [1.29, 1.82) is 0 Å². The van der Waals surface area contributed by atoms with E-state index in [-0.39, 0.29) is 24.3 Å². The van der Waals surface area contributed by atoms with Gasteiger partial charge in [-0.15, -0.1) is 0 Å². The second-order valence-corrected chi connectivity index (χ2v) is 6.29. The highest BCUT2D eigenvalue weighted by molar-refractivity contribution is 5.88. The van der Waals surface area contributed by atoms with Crippen LogP contribution in [-0.2, 0) is 9.59 Å². The summed E-state index contributed by atoms with van der Waals surface area (Å²) in [6.07, 6.45) is 0.854. The number of rotatable bonds is 8. The van der Waals surface area contributed by atoms with Crippen molar-refractivity contribution in [3.8, 4) is 0 Å². The first-order valence-electron chi connectivity index (χ1n) is 8.31. The van der Waals surface area contributed by atoms with Gasteiger partial charge in [0.1, 0.15) is 17.9 Å². The number of amides is 2. The molecule has 1 aromatic heterocycles.